The van der Waals surface area contributed by atoms with E-state index in [1.165, 1.54) is 0 Å². The highest BCUT2D eigenvalue weighted by Gasteiger charge is 2.23. The number of aromatic carboxylic acids is 1. The van der Waals surface area contributed by atoms with Crippen molar-refractivity contribution in [1.82, 2.24) is 10.2 Å². The molecule has 0 fully saturated rings. The number of carbonyl (C=O) groups excluding carboxylic acids is 1. The van der Waals surface area contributed by atoms with Crippen molar-refractivity contribution in [2.45, 2.75) is 6.42 Å². The molecule has 1 aromatic heterocycles. The zero-order valence-electron chi connectivity index (χ0n) is 13.4. The molecule has 6 nitrogen and oxygen atoms in total. The van der Waals surface area contributed by atoms with Crippen molar-refractivity contribution in [1.29, 1.82) is 0 Å². The van der Waals surface area contributed by atoms with Crippen LogP contribution in [-0.4, -0.2) is 27.1 Å². The van der Waals surface area contributed by atoms with Gasteiger partial charge in [0.15, 0.2) is 11.5 Å². The van der Waals surface area contributed by atoms with Crippen molar-refractivity contribution >= 4 is 33.4 Å². The summed E-state index contributed by atoms with van der Waals surface area (Å²) in [5, 5.41) is 16.3. The lowest BCUT2D eigenvalue weighted by molar-refractivity contribution is 0.0697. The van der Waals surface area contributed by atoms with E-state index in [0.29, 0.717) is 16.8 Å². The van der Waals surface area contributed by atoms with Crippen molar-refractivity contribution in [2.75, 3.05) is 0 Å². The number of halogens is 1. The van der Waals surface area contributed by atoms with Crippen LogP contribution in [0, 0.1) is 6.57 Å². The molecule has 7 heteroatoms. The van der Waals surface area contributed by atoms with E-state index in [4.69, 9.17) is 6.57 Å². The van der Waals surface area contributed by atoms with Crippen LogP contribution in [0.5, 0.6) is 0 Å². The summed E-state index contributed by atoms with van der Waals surface area (Å²) in [5.41, 5.74) is 1.95. The Morgan fingerprint density at radius 1 is 1.12 bits per heavy atom. The lowest BCUT2D eigenvalue weighted by atomic mass is 10.0. The fraction of sp³-hybridized carbons (Fsp3) is 0.0526. The number of aromatic amines is 1. The number of aromatic nitrogens is 2. The topological polar surface area (TPSA) is 87.4 Å². The van der Waals surface area contributed by atoms with E-state index < -0.39 is 5.97 Å². The minimum atomic E-state index is -1.17. The van der Waals surface area contributed by atoms with Crippen molar-refractivity contribution in [3.63, 3.8) is 0 Å². The van der Waals surface area contributed by atoms with Crippen LogP contribution < -0.4 is 0 Å². The number of carbonyl (C=O) groups is 2. The summed E-state index contributed by atoms with van der Waals surface area (Å²) >= 11 is 3.31. The van der Waals surface area contributed by atoms with E-state index in [-0.39, 0.29) is 29.2 Å². The molecular weight excluding hydrogens is 398 g/mol. The second-order valence-corrected chi connectivity index (χ2v) is 6.41. The maximum absolute atomic E-state index is 12.4. The average Bonchev–Trinajstić information content (AvgIpc) is 3.06. The molecule has 128 valence electrons. The summed E-state index contributed by atoms with van der Waals surface area (Å²) in [4.78, 5) is 27.5. The molecule has 0 atom stereocenters. The molecule has 0 aliphatic heterocycles. The van der Waals surface area contributed by atoms with Crippen LogP contribution in [0.4, 0.5) is 5.69 Å². The summed E-state index contributed by atoms with van der Waals surface area (Å²) in [7, 11) is 0. The van der Waals surface area contributed by atoms with Crippen LogP contribution in [0.15, 0.2) is 53.0 Å². The molecule has 2 N–H and O–H groups in total. The van der Waals surface area contributed by atoms with E-state index in [9.17, 15) is 14.7 Å². The molecule has 0 bridgehead atoms. The van der Waals surface area contributed by atoms with Crippen LogP contribution in [0.1, 0.15) is 26.4 Å². The Hall–Kier alpha value is -3.24. The number of H-pyrrole nitrogens is 1. The lowest BCUT2D eigenvalue weighted by Gasteiger charge is -2.03. The van der Waals surface area contributed by atoms with E-state index in [1.807, 2.05) is 0 Å². The first-order chi connectivity index (χ1) is 12.5. The third kappa shape index (κ3) is 3.55. The Balaban J connectivity index is 1.94. The molecule has 2 aromatic carbocycles. The third-order valence-electron chi connectivity index (χ3n) is 3.83. The minimum absolute atomic E-state index is 0.0361. The highest BCUT2D eigenvalue weighted by Crippen LogP contribution is 2.27. The van der Waals surface area contributed by atoms with Gasteiger partial charge in [-0.25, -0.2) is 9.64 Å². The Kier molecular flexibility index (Phi) is 4.96. The zero-order valence-corrected chi connectivity index (χ0v) is 14.9. The average molecular weight is 410 g/mol. The number of hydrogen-bond donors (Lipinski definition) is 2. The van der Waals surface area contributed by atoms with Crippen LogP contribution in [0.25, 0.3) is 16.1 Å². The number of benzene rings is 2. The molecule has 1 heterocycles. The summed E-state index contributed by atoms with van der Waals surface area (Å²) in [6, 6.07) is 13.3. The molecule has 0 unspecified atom stereocenters. The van der Waals surface area contributed by atoms with Gasteiger partial charge in [0.05, 0.1) is 18.7 Å². The van der Waals surface area contributed by atoms with Gasteiger partial charge in [-0.3, -0.25) is 9.89 Å². The fourth-order valence-corrected chi connectivity index (χ4v) is 2.80. The Morgan fingerprint density at radius 2 is 1.77 bits per heavy atom. The first kappa shape index (κ1) is 17.6. The predicted octanol–water partition coefficient (Wildman–Crippen LogP) is 4.51. The predicted molar refractivity (Wildman–Crippen MR) is 99.4 cm³/mol. The lowest BCUT2D eigenvalue weighted by Crippen LogP contribution is -2.08. The number of nitrogens with zero attached hydrogens (tertiary/aromatic N) is 2. The molecule has 0 saturated heterocycles. The number of Topliss-reactive ketones (excluding diaryl/α,β-unsaturated/α-hetero) is 1. The summed E-state index contributed by atoms with van der Waals surface area (Å²) in [6.07, 6.45) is -0.101. The molecular formula is C19H12BrN3O3. The van der Waals surface area contributed by atoms with Crippen LogP contribution in [-0.2, 0) is 6.42 Å². The molecule has 0 aliphatic rings. The van der Waals surface area contributed by atoms with Gasteiger partial charge in [0.25, 0.3) is 0 Å². The fourth-order valence-electron chi connectivity index (χ4n) is 2.54. The monoisotopic (exact) mass is 409 g/mol. The number of nitrogens with one attached hydrogen (secondary N) is 1. The van der Waals surface area contributed by atoms with Gasteiger partial charge in [0.2, 0.25) is 0 Å². The van der Waals surface area contributed by atoms with Crippen LogP contribution in [0.3, 0.4) is 0 Å². The van der Waals surface area contributed by atoms with Crippen LogP contribution >= 0.6 is 15.9 Å². The largest absolute Gasteiger partial charge is 0.478 e. The number of carboxylic acids is 1. The SMILES string of the molecule is [C-]#[N+]c1ccc(-c2n[nH]c(CC(=O)c3ccc(Br)cc3)c2C(=O)O)cc1. The van der Waals surface area contributed by atoms with Crippen molar-refractivity contribution in [3.05, 3.63) is 81.2 Å². The first-order valence-corrected chi connectivity index (χ1v) is 8.36. The minimum Gasteiger partial charge on any atom is -0.478 e. The van der Waals surface area contributed by atoms with Crippen LogP contribution in [0.2, 0.25) is 0 Å². The first-order valence-electron chi connectivity index (χ1n) is 7.57. The van der Waals surface area contributed by atoms with Gasteiger partial charge in [-0.1, -0.05) is 52.3 Å². The normalized spacial score (nSPS) is 10.3. The molecule has 3 aromatic rings. The van der Waals surface area contributed by atoms with Gasteiger partial charge in [-0.2, -0.15) is 5.10 Å². The molecule has 0 aliphatic carbocycles. The highest BCUT2D eigenvalue weighted by molar-refractivity contribution is 9.10. The Bertz CT molecular complexity index is 1020. The number of carboxylic acid groups (broad SMARTS) is 1. The highest BCUT2D eigenvalue weighted by atomic mass is 79.9. The van der Waals surface area contributed by atoms with E-state index in [0.717, 1.165) is 4.47 Å². The van der Waals surface area contributed by atoms with Crippen molar-refractivity contribution < 1.29 is 14.7 Å². The van der Waals surface area contributed by atoms with Crippen molar-refractivity contribution in [3.8, 4) is 11.3 Å². The number of rotatable bonds is 5. The number of hydrogen-bond acceptors (Lipinski definition) is 3. The van der Waals surface area contributed by atoms with Gasteiger partial charge < -0.3 is 5.11 Å². The summed E-state index contributed by atoms with van der Waals surface area (Å²) in [6.45, 7) is 6.97. The summed E-state index contributed by atoms with van der Waals surface area (Å²) < 4.78 is 0.854. The molecule has 0 amide bonds. The van der Waals surface area contributed by atoms with Gasteiger partial charge in [-0.05, 0) is 12.1 Å². The summed E-state index contributed by atoms with van der Waals surface area (Å²) in [5.74, 6) is -1.37. The quantitative estimate of drug-likeness (QED) is 0.479. The maximum Gasteiger partial charge on any atom is 0.339 e. The van der Waals surface area contributed by atoms with Gasteiger partial charge >= 0.3 is 5.97 Å². The van der Waals surface area contributed by atoms with E-state index in [2.05, 4.69) is 31.0 Å². The van der Waals surface area contributed by atoms with Gasteiger partial charge in [0, 0.05) is 15.6 Å². The Morgan fingerprint density at radius 3 is 2.35 bits per heavy atom. The van der Waals surface area contributed by atoms with E-state index >= 15 is 0 Å². The molecule has 26 heavy (non-hydrogen) atoms. The second kappa shape index (κ2) is 7.33. The maximum atomic E-state index is 12.4. The molecule has 3 rings (SSSR count). The number of ketones is 1. The molecule has 0 radical (unpaired) electrons. The standard InChI is InChI=1S/C19H12BrN3O3/c1-21-14-8-4-12(5-9-14)18-17(19(25)26)15(22-23-18)10-16(24)11-2-6-13(20)7-3-11/h2-9H,10H2,(H,22,23)(H,25,26). The van der Waals surface area contributed by atoms with Crippen molar-refractivity contribution in [2.24, 2.45) is 0 Å². The Labute approximate surface area is 157 Å². The third-order valence-corrected chi connectivity index (χ3v) is 4.36. The van der Waals surface area contributed by atoms with Gasteiger partial charge in [0.1, 0.15) is 11.3 Å². The second-order valence-electron chi connectivity index (χ2n) is 5.50. The molecule has 0 saturated carbocycles. The zero-order chi connectivity index (χ0) is 18.7. The smallest absolute Gasteiger partial charge is 0.339 e. The van der Waals surface area contributed by atoms with E-state index in [1.54, 1.807) is 48.5 Å². The molecule has 0 spiro atoms. The van der Waals surface area contributed by atoms with Gasteiger partial charge in [-0.15, -0.1) is 0 Å².